The number of ether oxygens (including phenoxy) is 1. The van der Waals surface area contributed by atoms with Gasteiger partial charge in [-0.2, -0.15) is 0 Å². The number of hydrogen-bond acceptors (Lipinski definition) is 4. The number of para-hydroxylation sites is 1. The molecule has 0 spiro atoms. The van der Waals surface area contributed by atoms with Crippen LogP contribution in [0.3, 0.4) is 0 Å². The summed E-state index contributed by atoms with van der Waals surface area (Å²) in [6, 6.07) is 8.50. The molecule has 0 atom stereocenters. The number of benzene rings is 1. The molecule has 0 aliphatic carbocycles. The zero-order valence-electron chi connectivity index (χ0n) is 10.9. The Balaban J connectivity index is 2.25. The maximum atomic E-state index is 11.6. The van der Waals surface area contributed by atoms with Gasteiger partial charge in [-0.15, -0.1) is 0 Å². The summed E-state index contributed by atoms with van der Waals surface area (Å²) >= 11 is 0. The van der Waals surface area contributed by atoms with Crippen molar-refractivity contribution in [3.05, 3.63) is 46.3 Å². The Hall–Kier alpha value is -2.30. The van der Waals surface area contributed by atoms with Gasteiger partial charge in [0.15, 0.2) is 0 Å². The lowest BCUT2D eigenvalue weighted by molar-refractivity contribution is 0.106. The molecule has 0 aliphatic heterocycles. The molecule has 1 aromatic carbocycles. The van der Waals surface area contributed by atoms with E-state index in [4.69, 9.17) is 9.15 Å². The van der Waals surface area contributed by atoms with E-state index in [1.54, 1.807) is 19.2 Å². The van der Waals surface area contributed by atoms with Crippen molar-refractivity contribution in [2.75, 3.05) is 13.6 Å². The fraction of sp³-hybridized carbons (Fsp3) is 0.286. The van der Waals surface area contributed by atoms with Crippen molar-refractivity contribution in [2.24, 2.45) is 0 Å². The highest BCUT2D eigenvalue weighted by Crippen LogP contribution is 2.17. The Morgan fingerprint density at radius 2 is 2.11 bits per heavy atom. The van der Waals surface area contributed by atoms with Crippen molar-refractivity contribution < 1.29 is 13.9 Å². The molecule has 1 heterocycles. The average Bonchev–Trinajstić information content (AvgIpc) is 2.43. The van der Waals surface area contributed by atoms with Crippen LogP contribution in [0.2, 0.25) is 0 Å². The van der Waals surface area contributed by atoms with Crippen LogP contribution in [0.4, 0.5) is 4.79 Å². The van der Waals surface area contributed by atoms with E-state index in [1.165, 1.54) is 11.0 Å². The monoisotopic (exact) mass is 261 g/mol. The lowest BCUT2D eigenvalue weighted by Gasteiger charge is -2.14. The second-order valence-corrected chi connectivity index (χ2v) is 4.16. The maximum Gasteiger partial charge on any atom is 0.409 e. The Kier molecular flexibility index (Phi) is 3.85. The molecule has 2 aromatic rings. The average molecular weight is 261 g/mol. The molecule has 0 radical (unpaired) electrons. The van der Waals surface area contributed by atoms with E-state index in [0.717, 1.165) is 5.39 Å². The van der Waals surface area contributed by atoms with Crippen molar-refractivity contribution in [3.63, 3.8) is 0 Å². The molecule has 0 saturated heterocycles. The standard InChI is InChI=1S/C14H15NO4/c1-3-15(2)14(17)18-9-10-8-13(16)19-12-7-5-4-6-11(10)12/h4-8H,3,9H2,1-2H3. The largest absolute Gasteiger partial charge is 0.445 e. The first-order valence-electron chi connectivity index (χ1n) is 6.01. The van der Waals surface area contributed by atoms with Crippen LogP contribution in [0, 0.1) is 0 Å². The zero-order chi connectivity index (χ0) is 13.8. The van der Waals surface area contributed by atoms with Crippen LogP contribution >= 0.6 is 0 Å². The predicted molar refractivity (Wildman–Crippen MR) is 71.0 cm³/mol. The minimum atomic E-state index is -0.450. The molecule has 0 bridgehead atoms. The van der Waals surface area contributed by atoms with E-state index in [1.807, 2.05) is 19.1 Å². The van der Waals surface area contributed by atoms with Crippen LogP contribution in [-0.2, 0) is 11.3 Å². The number of carbonyl (C=O) groups excluding carboxylic acids is 1. The van der Waals surface area contributed by atoms with Crippen molar-refractivity contribution in [2.45, 2.75) is 13.5 Å². The summed E-state index contributed by atoms with van der Waals surface area (Å²) in [7, 11) is 1.65. The van der Waals surface area contributed by atoms with Crippen molar-refractivity contribution >= 4 is 17.1 Å². The molecule has 0 N–H and O–H groups in total. The predicted octanol–water partition coefficient (Wildman–Crippen LogP) is 2.38. The fourth-order valence-corrected chi connectivity index (χ4v) is 1.68. The lowest BCUT2D eigenvalue weighted by Crippen LogP contribution is -2.26. The second kappa shape index (κ2) is 5.56. The molecule has 0 aliphatic rings. The molecule has 5 nitrogen and oxygen atoms in total. The van der Waals surface area contributed by atoms with Crippen LogP contribution in [0.15, 0.2) is 39.5 Å². The van der Waals surface area contributed by atoms with Gasteiger partial charge in [-0.1, -0.05) is 18.2 Å². The SMILES string of the molecule is CCN(C)C(=O)OCc1cc(=O)oc2ccccc12. The second-order valence-electron chi connectivity index (χ2n) is 4.16. The third kappa shape index (κ3) is 2.93. The summed E-state index contributed by atoms with van der Waals surface area (Å²) in [5.41, 5.74) is 0.684. The van der Waals surface area contributed by atoms with Crippen LogP contribution in [0.25, 0.3) is 11.0 Å². The first-order chi connectivity index (χ1) is 9.11. The maximum absolute atomic E-state index is 11.6. The molecule has 2 rings (SSSR count). The Labute approximate surface area is 110 Å². The van der Waals surface area contributed by atoms with E-state index in [2.05, 4.69) is 0 Å². The van der Waals surface area contributed by atoms with Gasteiger partial charge in [0.25, 0.3) is 0 Å². The summed E-state index contributed by atoms with van der Waals surface area (Å²) in [6.07, 6.45) is -0.417. The number of carbonyl (C=O) groups is 1. The van der Waals surface area contributed by atoms with E-state index >= 15 is 0 Å². The van der Waals surface area contributed by atoms with Crippen LogP contribution in [0.5, 0.6) is 0 Å². The number of amides is 1. The molecule has 19 heavy (non-hydrogen) atoms. The molecule has 5 heteroatoms. The Bertz CT molecular complexity index is 647. The number of fused-ring (bicyclic) bond motifs is 1. The zero-order valence-corrected chi connectivity index (χ0v) is 10.9. The number of nitrogens with zero attached hydrogens (tertiary/aromatic N) is 1. The molecule has 100 valence electrons. The third-order valence-electron chi connectivity index (χ3n) is 2.87. The number of rotatable bonds is 3. The van der Waals surface area contributed by atoms with Gasteiger partial charge in [0, 0.05) is 30.6 Å². The van der Waals surface area contributed by atoms with E-state index in [9.17, 15) is 9.59 Å². The minimum absolute atomic E-state index is 0.0509. The molecule has 0 fully saturated rings. The topological polar surface area (TPSA) is 59.8 Å². The van der Waals surface area contributed by atoms with Gasteiger partial charge in [-0.25, -0.2) is 9.59 Å². The highest BCUT2D eigenvalue weighted by molar-refractivity contribution is 5.80. The van der Waals surface area contributed by atoms with Crippen molar-refractivity contribution in [1.29, 1.82) is 0 Å². The number of hydrogen-bond donors (Lipinski definition) is 0. The molecule has 1 aromatic heterocycles. The molecular weight excluding hydrogens is 246 g/mol. The summed E-state index contributed by atoms with van der Waals surface area (Å²) in [6.45, 7) is 2.47. The van der Waals surface area contributed by atoms with Crippen LogP contribution in [0.1, 0.15) is 12.5 Å². The smallest absolute Gasteiger partial charge is 0.409 e. The highest BCUT2D eigenvalue weighted by Gasteiger charge is 2.10. The van der Waals surface area contributed by atoms with E-state index in [-0.39, 0.29) is 6.61 Å². The van der Waals surface area contributed by atoms with Crippen LogP contribution < -0.4 is 5.63 Å². The fourth-order valence-electron chi connectivity index (χ4n) is 1.68. The summed E-state index contributed by atoms with van der Waals surface area (Å²) in [4.78, 5) is 24.4. The molecule has 1 amide bonds. The van der Waals surface area contributed by atoms with Gasteiger partial charge in [0.1, 0.15) is 12.2 Å². The minimum Gasteiger partial charge on any atom is -0.445 e. The van der Waals surface area contributed by atoms with Gasteiger partial charge >= 0.3 is 11.7 Å². The van der Waals surface area contributed by atoms with E-state index < -0.39 is 11.7 Å². The molecular formula is C14H15NO4. The van der Waals surface area contributed by atoms with Gasteiger partial charge in [-0.05, 0) is 13.0 Å². The normalized spacial score (nSPS) is 10.4. The van der Waals surface area contributed by atoms with Crippen molar-refractivity contribution in [3.8, 4) is 0 Å². The van der Waals surface area contributed by atoms with Gasteiger partial charge < -0.3 is 14.1 Å². The van der Waals surface area contributed by atoms with E-state index in [0.29, 0.717) is 17.7 Å². The third-order valence-corrected chi connectivity index (χ3v) is 2.87. The Morgan fingerprint density at radius 3 is 2.84 bits per heavy atom. The van der Waals surface area contributed by atoms with Crippen molar-refractivity contribution in [1.82, 2.24) is 4.90 Å². The summed E-state index contributed by atoms with van der Waals surface area (Å²) in [5, 5.41) is 0.772. The first kappa shape index (κ1) is 13.1. The molecule has 0 saturated carbocycles. The lowest BCUT2D eigenvalue weighted by atomic mass is 10.1. The first-order valence-corrected chi connectivity index (χ1v) is 6.01. The van der Waals surface area contributed by atoms with Gasteiger partial charge in [0.05, 0.1) is 0 Å². The summed E-state index contributed by atoms with van der Waals surface area (Å²) in [5.74, 6) is 0. The summed E-state index contributed by atoms with van der Waals surface area (Å²) < 4.78 is 10.2. The quantitative estimate of drug-likeness (QED) is 0.796. The Morgan fingerprint density at radius 1 is 1.37 bits per heavy atom. The van der Waals surface area contributed by atoms with Gasteiger partial charge in [0.2, 0.25) is 0 Å². The molecule has 0 unspecified atom stereocenters. The highest BCUT2D eigenvalue weighted by atomic mass is 16.6. The van der Waals surface area contributed by atoms with Gasteiger partial charge in [-0.3, -0.25) is 0 Å². The van der Waals surface area contributed by atoms with Crippen LogP contribution in [-0.4, -0.2) is 24.6 Å².